The fraction of sp³-hybridized carbons (Fsp3) is 0.857. The van der Waals surface area contributed by atoms with Crippen molar-refractivity contribution in [2.75, 3.05) is 6.54 Å². The number of carbonyl (C=O) groups is 1. The van der Waals surface area contributed by atoms with Gasteiger partial charge in [-0.2, -0.15) is 0 Å². The molecule has 3 nitrogen and oxygen atoms in total. The average Bonchev–Trinajstić information content (AvgIpc) is 1.80. The first kappa shape index (κ1) is 17.3. The largest absolute Gasteiger partial charge is 0.481 e. The van der Waals surface area contributed by atoms with Crippen LogP contribution in [-0.2, 0) is 25.2 Å². The summed E-state index contributed by atoms with van der Waals surface area (Å²) < 4.78 is 0. The number of carboxylic acid groups (broad SMARTS) is 1. The number of carboxylic acids is 1. The Kier molecular flexibility index (Phi) is 20.0. The van der Waals surface area contributed by atoms with Crippen LogP contribution in [0.15, 0.2) is 0 Å². The van der Waals surface area contributed by atoms with Crippen LogP contribution < -0.4 is 5.73 Å². The van der Waals surface area contributed by atoms with E-state index in [4.69, 9.17) is 10.8 Å². The minimum absolute atomic E-state index is 0. The van der Waals surface area contributed by atoms with E-state index in [0.29, 0.717) is 6.54 Å². The molecule has 0 heterocycles. The molecule has 0 aromatic carbocycles. The molecule has 0 aliphatic heterocycles. The van der Waals surface area contributed by atoms with Gasteiger partial charge in [-0.15, -0.1) is 0 Å². The number of rotatable bonds is 5. The van der Waals surface area contributed by atoms with E-state index >= 15 is 0 Å². The monoisotopic (exact) mass is 253 g/mol. The molecule has 0 saturated heterocycles. The van der Waals surface area contributed by atoms with Crippen molar-refractivity contribution >= 4 is 5.97 Å². The summed E-state index contributed by atoms with van der Waals surface area (Å²) in [5, 5.41) is 8.18. The van der Waals surface area contributed by atoms with Crippen LogP contribution in [0.4, 0.5) is 0 Å². The Hall–Kier alpha value is 0.0923. The Morgan fingerprint density at radius 1 is 1.27 bits per heavy atom. The van der Waals surface area contributed by atoms with Crippen molar-refractivity contribution in [1.29, 1.82) is 0 Å². The Morgan fingerprint density at radius 3 is 2.18 bits per heavy atom. The van der Waals surface area contributed by atoms with Crippen LogP contribution in [0.5, 0.6) is 0 Å². The van der Waals surface area contributed by atoms with E-state index < -0.39 is 5.97 Å². The molecule has 11 heavy (non-hydrogen) atoms. The molecule has 0 atom stereocenters. The van der Waals surface area contributed by atoms with Crippen LogP contribution in [0.1, 0.15) is 33.1 Å². The standard InChI is InChI=1S/C6H13NO2.CH4.Pd/c7-5-3-1-2-4-6(8)9;;/h1-5,7H2,(H,8,9);1H4;. The molecule has 0 spiro atoms. The molecule has 0 aromatic heterocycles. The van der Waals surface area contributed by atoms with Crippen molar-refractivity contribution in [2.24, 2.45) is 5.73 Å². The molecule has 0 saturated carbocycles. The molecule has 0 radical (unpaired) electrons. The maximum atomic E-state index is 9.93. The van der Waals surface area contributed by atoms with Crippen molar-refractivity contribution < 1.29 is 30.3 Å². The summed E-state index contributed by atoms with van der Waals surface area (Å²) in [6.45, 7) is 0.666. The van der Waals surface area contributed by atoms with E-state index in [0.717, 1.165) is 19.3 Å². The zero-order valence-corrected chi connectivity index (χ0v) is 7.34. The molecule has 0 fully saturated rings. The van der Waals surface area contributed by atoms with Crippen molar-refractivity contribution in [2.45, 2.75) is 33.1 Å². The molecule has 0 aliphatic rings. The minimum atomic E-state index is -0.716. The van der Waals surface area contributed by atoms with Crippen molar-refractivity contribution in [3.8, 4) is 0 Å². The SMILES string of the molecule is C.NCCCCCC(=O)O.[Pd]. The summed E-state index contributed by atoms with van der Waals surface area (Å²) in [7, 11) is 0. The fourth-order valence-corrected chi connectivity index (χ4v) is 0.597. The number of hydrogen-bond acceptors (Lipinski definition) is 2. The van der Waals surface area contributed by atoms with E-state index in [1.54, 1.807) is 0 Å². The Morgan fingerprint density at radius 2 is 1.82 bits per heavy atom. The predicted molar refractivity (Wildman–Crippen MR) is 41.9 cm³/mol. The number of aliphatic carboxylic acids is 1. The summed E-state index contributed by atoms with van der Waals surface area (Å²) in [6.07, 6.45) is 2.91. The first-order chi connectivity index (χ1) is 4.27. The molecule has 3 N–H and O–H groups in total. The molecule has 0 rings (SSSR count). The van der Waals surface area contributed by atoms with Gasteiger partial charge in [-0.25, -0.2) is 0 Å². The van der Waals surface area contributed by atoms with Crippen LogP contribution in [0.3, 0.4) is 0 Å². The van der Waals surface area contributed by atoms with Gasteiger partial charge >= 0.3 is 5.97 Å². The Labute approximate surface area is 82.0 Å². The van der Waals surface area contributed by atoms with Gasteiger partial charge in [0.2, 0.25) is 0 Å². The summed E-state index contributed by atoms with van der Waals surface area (Å²) in [5.74, 6) is -0.716. The molecular formula is C7H17NO2Pd. The van der Waals surface area contributed by atoms with E-state index in [9.17, 15) is 4.79 Å². The topological polar surface area (TPSA) is 63.3 Å². The molecule has 0 unspecified atom stereocenters. The maximum absolute atomic E-state index is 9.93. The normalized spacial score (nSPS) is 7.73. The van der Waals surface area contributed by atoms with E-state index in [2.05, 4.69) is 0 Å². The number of unbranched alkanes of at least 4 members (excludes halogenated alkanes) is 2. The molecule has 4 heteroatoms. The molecule has 0 aliphatic carbocycles. The second-order valence-electron chi connectivity index (χ2n) is 1.99. The van der Waals surface area contributed by atoms with Crippen LogP contribution in [0, 0.1) is 0 Å². The van der Waals surface area contributed by atoms with E-state index in [-0.39, 0.29) is 34.3 Å². The van der Waals surface area contributed by atoms with Gasteiger partial charge in [0.05, 0.1) is 0 Å². The van der Waals surface area contributed by atoms with Crippen molar-refractivity contribution in [3.05, 3.63) is 0 Å². The van der Waals surface area contributed by atoms with Gasteiger partial charge in [0.15, 0.2) is 0 Å². The molecule has 0 aromatic rings. The summed E-state index contributed by atoms with van der Waals surface area (Å²) in [4.78, 5) is 9.93. The minimum Gasteiger partial charge on any atom is -0.481 e. The fourth-order valence-electron chi connectivity index (χ4n) is 0.597. The molecule has 0 bridgehead atoms. The second kappa shape index (κ2) is 12.7. The van der Waals surface area contributed by atoms with Gasteiger partial charge in [0.1, 0.15) is 0 Å². The third-order valence-electron chi connectivity index (χ3n) is 1.09. The first-order valence-corrected chi connectivity index (χ1v) is 3.19. The number of nitrogens with two attached hydrogens (primary N) is 1. The zero-order chi connectivity index (χ0) is 7.11. The summed E-state index contributed by atoms with van der Waals surface area (Å²) in [6, 6.07) is 0. The van der Waals surface area contributed by atoms with Gasteiger partial charge in [-0.1, -0.05) is 13.8 Å². The second-order valence-corrected chi connectivity index (χ2v) is 1.99. The molecule has 72 valence electrons. The first-order valence-electron chi connectivity index (χ1n) is 3.19. The van der Waals surface area contributed by atoms with Gasteiger partial charge in [-0.05, 0) is 19.4 Å². The van der Waals surface area contributed by atoms with Gasteiger partial charge in [0, 0.05) is 26.8 Å². The third-order valence-corrected chi connectivity index (χ3v) is 1.09. The predicted octanol–water partition coefficient (Wildman–Crippen LogP) is 1.22. The van der Waals surface area contributed by atoms with Crippen LogP contribution in [-0.4, -0.2) is 17.6 Å². The van der Waals surface area contributed by atoms with Crippen LogP contribution >= 0.6 is 0 Å². The Bertz CT molecular complexity index is 88.5. The Balaban J connectivity index is -0.000000320. The maximum Gasteiger partial charge on any atom is 0.303 e. The van der Waals surface area contributed by atoms with Crippen LogP contribution in [0.25, 0.3) is 0 Å². The average molecular weight is 254 g/mol. The van der Waals surface area contributed by atoms with Gasteiger partial charge in [0.25, 0.3) is 0 Å². The zero-order valence-electron chi connectivity index (χ0n) is 5.78. The van der Waals surface area contributed by atoms with Gasteiger partial charge < -0.3 is 10.8 Å². The van der Waals surface area contributed by atoms with Crippen molar-refractivity contribution in [1.82, 2.24) is 0 Å². The quantitative estimate of drug-likeness (QED) is 0.572. The third kappa shape index (κ3) is 17.8. The van der Waals surface area contributed by atoms with Gasteiger partial charge in [-0.3, -0.25) is 4.79 Å². The molecular weight excluding hydrogens is 237 g/mol. The van der Waals surface area contributed by atoms with E-state index in [1.807, 2.05) is 0 Å². The molecule has 0 amide bonds. The smallest absolute Gasteiger partial charge is 0.303 e. The van der Waals surface area contributed by atoms with E-state index in [1.165, 1.54) is 0 Å². The summed E-state index contributed by atoms with van der Waals surface area (Å²) >= 11 is 0. The van der Waals surface area contributed by atoms with Crippen molar-refractivity contribution in [3.63, 3.8) is 0 Å². The van der Waals surface area contributed by atoms with Crippen LogP contribution in [0.2, 0.25) is 0 Å². The summed E-state index contributed by atoms with van der Waals surface area (Å²) in [5.41, 5.74) is 5.20. The number of hydrogen-bond donors (Lipinski definition) is 2.